The van der Waals surface area contributed by atoms with Crippen LogP contribution in [0.15, 0.2) is 18.2 Å². The average Bonchev–Trinajstić information content (AvgIpc) is 2.90. The number of halogens is 2. The highest BCUT2D eigenvalue weighted by Gasteiger charge is 2.48. The molecule has 6 heteroatoms. The van der Waals surface area contributed by atoms with Gasteiger partial charge in [0, 0.05) is 12.5 Å². The van der Waals surface area contributed by atoms with E-state index in [9.17, 15) is 13.6 Å². The van der Waals surface area contributed by atoms with Gasteiger partial charge in [0.2, 0.25) is 5.79 Å². The topological polar surface area (TPSA) is 44.8 Å². The van der Waals surface area contributed by atoms with Crippen molar-refractivity contribution in [2.24, 2.45) is 0 Å². The Hall–Kier alpha value is -1.53. The molecule has 2 unspecified atom stereocenters. The Labute approximate surface area is 121 Å². The predicted octanol–water partition coefficient (Wildman–Crippen LogP) is 2.81. The minimum absolute atomic E-state index is 0.147. The minimum Gasteiger partial charge on any atom is -0.453 e. The van der Waals surface area contributed by atoms with Gasteiger partial charge in [0.05, 0.1) is 18.8 Å². The van der Waals surface area contributed by atoms with E-state index in [1.165, 1.54) is 0 Å². The maximum absolute atomic E-state index is 13.2. The van der Waals surface area contributed by atoms with E-state index in [2.05, 4.69) is 0 Å². The smallest absolute Gasteiger partial charge is 0.338 e. The van der Waals surface area contributed by atoms with Crippen LogP contribution >= 0.6 is 0 Å². The van der Waals surface area contributed by atoms with E-state index >= 15 is 0 Å². The Balaban J connectivity index is 1.76. The molecule has 114 valence electrons. The molecule has 0 aromatic heterocycles. The summed E-state index contributed by atoms with van der Waals surface area (Å²) in [6, 6.07) is 2.62. The van der Waals surface area contributed by atoms with Gasteiger partial charge in [0.1, 0.15) is 11.6 Å². The van der Waals surface area contributed by atoms with Gasteiger partial charge in [-0.3, -0.25) is 0 Å². The van der Waals surface area contributed by atoms with Crippen LogP contribution in [-0.4, -0.2) is 31.1 Å². The Morgan fingerprint density at radius 2 is 1.81 bits per heavy atom. The van der Waals surface area contributed by atoms with Crippen LogP contribution in [0.2, 0.25) is 0 Å². The standard InChI is InChI=1S/C15H16F2O4/c16-11-7-10(8-12(17)9-11)14(18)21-13-3-1-5-19-15(13)4-2-6-20-15/h7-9,13H,1-6H2. The maximum Gasteiger partial charge on any atom is 0.338 e. The van der Waals surface area contributed by atoms with Crippen LogP contribution in [0.4, 0.5) is 8.78 Å². The van der Waals surface area contributed by atoms with Crippen molar-refractivity contribution in [3.63, 3.8) is 0 Å². The van der Waals surface area contributed by atoms with Gasteiger partial charge in [-0.2, -0.15) is 0 Å². The normalized spacial score (nSPS) is 28.8. The van der Waals surface area contributed by atoms with E-state index in [4.69, 9.17) is 14.2 Å². The van der Waals surface area contributed by atoms with E-state index in [1.54, 1.807) is 0 Å². The second-order valence-corrected chi connectivity index (χ2v) is 5.31. The van der Waals surface area contributed by atoms with E-state index in [0.29, 0.717) is 32.1 Å². The Morgan fingerprint density at radius 1 is 1.14 bits per heavy atom. The quantitative estimate of drug-likeness (QED) is 0.788. The van der Waals surface area contributed by atoms with Crippen molar-refractivity contribution in [1.29, 1.82) is 0 Å². The molecule has 2 fully saturated rings. The summed E-state index contributed by atoms with van der Waals surface area (Å²) in [6.45, 7) is 1.12. The molecule has 2 aliphatic rings. The van der Waals surface area contributed by atoms with Crippen molar-refractivity contribution < 1.29 is 27.8 Å². The van der Waals surface area contributed by atoms with Gasteiger partial charge in [0.25, 0.3) is 0 Å². The highest BCUT2D eigenvalue weighted by atomic mass is 19.1. The Kier molecular flexibility index (Phi) is 3.91. The molecule has 2 atom stereocenters. The first-order valence-electron chi connectivity index (χ1n) is 7.04. The molecule has 0 amide bonds. The summed E-state index contributed by atoms with van der Waals surface area (Å²) in [7, 11) is 0. The van der Waals surface area contributed by atoms with Crippen LogP contribution in [0.25, 0.3) is 0 Å². The fourth-order valence-corrected chi connectivity index (χ4v) is 2.85. The van der Waals surface area contributed by atoms with E-state index in [0.717, 1.165) is 25.0 Å². The van der Waals surface area contributed by atoms with Crippen molar-refractivity contribution in [3.8, 4) is 0 Å². The fraction of sp³-hybridized carbons (Fsp3) is 0.533. The molecule has 2 aliphatic heterocycles. The van der Waals surface area contributed by atoms with Gasteiger partial charge in [-0.05, 0) is 31.4 Å². The van der Waals surface area contributed by atoms with Crippen molar-refractivity contribution in [2.45, 2.75) is 37.6 Å². The molecule has 4 nitrogen and oxygen atoms in total. The lowest BCUT2D eigenvalue weighted by Crippen LogP contribution is -2.50. The number of carbonyl (C=O) groups is 1. The number of rotatable bonds is 2. The Morgan fingerprint density at radius 3 is 2.48 bits per heavy atom. The molecule has 21 heavy (non-hydrogen) atoms. The third-order valence-corrected chi connectivity index (χ3v) is 3.81. The SMILES string of the molecule is O=C(OC1CCCOC12CCCO2)c1cc(F)cc(F)c1. The van der Waals surface area contributed by atoms with Gasteiger partial charge in [-0.15, -0.1) is 0 Å². The van der Waals surface area contributed by atoms with Gasteiger partial charge in [-0.1, -0.05) is 0 Å². The second-order valence-electron chi connectivity index (χ2n) is 5.31. The largest absolute Gasteiger partial charge is 0.453 e. The molecular weight excluding hydrogens is 282 g/mol. The summed E-state index contributed by atoms with van der Waals surface area (Å²) < 4.78 is 43.0. The molecule has 2 saturated heterocycles. The van der Waals surface area contributed by atoms with Crippen LogP contribution in [-0.2, 0) is 14.2 Å². The monoisotopic (exact) mass is 298 g/mol. The van der Waals surface area contributed by atoms with Gasteiger partial charge in [-0.25, -0.2) is 13.6 Å². The van der Waals surface area contributed by atoms with E-state index < -0.39 is 29.5 Å². The van der Waals surface area contributed by atoms with Crippen molar-refractivity contribution in [2.75, 3.05) is 13.2 Å². The third-order valence-electron chi connectivity index (χ3n) is 3.81. The summed E-state index contributed by atoms with van der Waals surface area (Å²) in [4.78, 5) is 12.1. The van der Waals surface area contributed by atoms with Crippen molar-refractivity contribution in [1.82, 2.24) is 0 Å². The maximum atomic E-state index is 13.2. The predicted molar refractivity (Wildman–Crippen MR) is 68.7 cm³/mol. The van der Waals surface area contributed by atoms with Gasteiger partial charge < -0.3 is 14.2 Å². The van der Waals surface area contributed by atoms with Crippen LogP contribution in [0.3, 0.4) is 0 Å². The molecule has 1 spiro atoms. The zero-order valence-electron chi connectivity index (χ0n) is 11.4. The molecule has 1 aromatic carbocycles. The number of hydrogen-bond donors (Lipinski definition) is 0. The highest BCUT2D eigenvalue weighted by Crippen LogP contribution is 2.37. The first-order chi connectivity index (χ1) is 10.1. The first kappa shape index (κ1) is 14.4. The molecule has 2 heterocycles. The van der Waals surface area contributed by atoms with Gasteiger partial charge in [0.15, 0.2) is 6.10 Å². The zero-order chi connectivity index (χ0) is 14.9. The van der Waals surface area contributed by atoms with Crippen LogP contribution in [0.5, 0.6) is 0 Å². The summed E-state index contributed by atoms with van der Waals surface area (Å²) in [5.74, 6) is -3.28. The van der Waals surface area contributed by atoms with Gasteiger partial charge >= 0.3 is 5.97 Å². The van der Waals surface area contributed by atoms with Crippen molar-refractivity contribution >= 4 is 5.97 Å². The van der Waals surface area contributed by atoms with Crippen LogP contribution in [0.1, 0.15) is 36.0 Å². The molecule has 0 saturated carbocycles. The lowest BCUT2D eigenvalue weighted by molar-refractivity contribution is -0.277. The summed E-state index contributed by atoms with van der Waals surface area (Å²) in [6.07, 6.45) is 2.31. The van der Waals surface area contributed by atoms with Crippen LogP contribution < -0.4 is 0 Å². The Bertz CT molecular complexity index is 520. The third kappa shape index (κ3) is 2.91. The number of esters is 1. The lowest BCUT2D eigenvalue weighted by atomic mass is 9.99. The van der Waals surface area contributed by atoms with Crippen molar-refractivity contribution in [3.05, 3.63) is 35.4 Å². The summed E-state index contributed by atoms with van der Waals surface area (Å²) >= 11 is 0. The fourth-order valence-electron chi connectivity index (χ4n) is 2.85. The molecule has 0 aliphatic carbocycles. The first-order valence-corrected chi connectivity index (χ1v) is 7.04. The number of benzene rings is 1. The zero-order valence-corrected chi connectivity index (χ0v) is 11.4. The molecule has 3 rings (SSSR count). The molecular formula is C15H16F2O4. The number of hydrogen-bond acceptors (Lipinski definition) is 4. The highest BCUT2D eigenvalue weighted by molar-refractivity contribution is 5.89. The lowest BCUT2D eigenvalue weighted by Gasteiger charge is -2.39. The molecule has 0 N–H and O–H groups in total. The second kappa shape index (κ2) is 5.69. The van der Waals surface area contributed by atoms with E-state index in [1.807, 2.05) is 0 Å². The molecule has 0 radical (unpaired) electrons. The number of carbonyl (C=O) groups excluding carboxylic acids is 1. The molecule has 0 bridgehead atoms. The summed E-state index contributed by atoms with van der Waals surface area (Å²) in [5.41, 5.74) is -0.147. The molecule has 1 aromatic rings. The average molecular weight is 298 g/mol. The van der Waals surface area contributed by atoms with Crippen LogP contribution in [0, 0.1) is 11.6 Å². The summed E-state index contributed by atoms with van der Waals surface area (Å²) in [5, 5.41) is 0. The number of ether oxygens (including phenoxy) is 3. The minimum atomic E-state index is -0.889. The van der Waals surface area contributed by atoms with E-state index in [-0.39, 0.29) is 5.56 Å².